The highest BCUT2D eigenvalue weighted by Crippen LogP contribution is 2.16. The number of hydrogen-bond donors (Lipinski definition) is 1. The third-order valence-electron chi connectivity index (χ3n) is 2.93. The molecule has 1 aromatic heterocycles. The number of nitrogens with zero attached hydrogens (tertiary/aromatic N) is 2. The molecule has 96 valence electrons. The summed E-state index contributed by atoms with van der Waals surface area (Å²) in [6.07, 6.45) is 6.02. The second kappa shape index (κ2) is 6.31. The summed E-state index contributed by atoms with van der Waals surface area (Å²) in [5.41, 5.74) is 2.28. The van der Waals surface area contributed by atoms with Crippen LogP contribution in [-0.2, 0) is 0 Å². The number of aromatic nitrogens is 2. The Kier molecular flexibility index (Phi) is 4.47. The van der Waals surface area contributed by atoms with E-state index in [-0.39, 0.29) is 12.7 Å². The van der Waals surface area contributed by atoms with Gasteiger partial charge in [0.2, 0.25) is 0 Å². The van der Waals surface area contributed by atoms with Crippen LogP contribution in [0.15, 0.2) is 43.0 Å². The van der Waals surface area contributed by atoms with E-state index in [0.29, 0.717) is 13.0 Å². The van der Waals surface area contributed by atoms with Crippen molar-refractivity contribution in [3.63, 3.8) is 0 Å². The normalized spacial score (nSPS) is 12.6. The van der Waals surface area contributed by atoms with Gasteiger partial charge >= 0.3 is 0 Å². The number of imidazole rings is 1. The summed E-state index contributed by atoms with van der Waals surface area (Å²) in [5, 5.41) is 3.31. The molecule has 3 nitrogen and oxygen atoms in total. The Hall–Kier alpha value is -1.68. The Balaban J connectivity index is 2.07. The maximum atomic E-state index is 12.0. The van der Waals surface area contributed by atoms with Gasteiger partial charge in [-0.15, -0.1) is 0 Å². The lowest BCUT2D eigenvalue weighted by atomic mass is 10.1. The van der Waals surface area contributed by atoms with Crippen molar-refractivity contribution < 1.29 is 4.39 Å². The molecule has 0 aliphatic heterocycles. The smallest absolute Gasteiger partial charge is 0.0991 e. The average molecular weight is 247 g/mol. The fraction of sp³-hybridized carbons (Fsp3) is 0.357. The van der Waals surface area contributed by atoms with Gasteiger partial charge in [-0.2, -0.15) is 0 Å². The lowest BCUT2D eigenvalue weighted by Gasteiger charge is -2.15. The standard InChI is InChI=1S/C14H18FN3/c1-12(17-7-3-6-15)13-4-2-5-14(10-13)18-9-8-16-11-18/h2,4-5,8-12,17H,3,6-7H2,1H3/t12-/m0/s1. The third kappa shape index (κ3) is 3.17. The minimum absolute atomic E-state index is 0.222. The van der Waals surface area contributed by atoms with E-state index in [1.165, 1.54) is 5.56 Å². The first-order chi connectivity index (χ1) is 8.81. The van der Waals surface area contributed by atoms with Gasteiger partial charge in [-0.1, -0.05) is 12.1 Å². The zero-order valence-electron chi connectivity index (χ0n) is 10.5. The van der Waals surface area contributed by atoms with Crippen molar-refractivity contribution >= 4 is 0 Å². The topological polar surface area (TPSA) is 29.9 Å². The highest BCUT2D eigenvalue weighted by Gasteiger charge is 2.05. The summed E-state index contributed by atoms with van der Waals surface area (Å²) in [5.74, 6) is 0. The third-order valence-corrected chi connectivity index (χ3v) is 2.93. The average Bonchev–Trinajstić information content (AvgIpc) is 2.93. The molecule has 18 heavy (non-hydrogen) atoms. The van der Waals surface area contributed by atoms with E-state index in [1.807, 2.05) is 22.9 Å². The van der Waals surface area contributed by atoms with Crippen molar-refractivity contribution in [2.24, 2.45) is 0 Å². The van der Waals surface area contributed by atoms with Gasteiger partial charge in [0.25, 0.3) is 0 Å². The van der Waals surface area contributed by atoms with Crippen LogP contribution < -0.4 is 5.32 Å². The number of alkyl halides is 1. The molecule has 1 atom stereocenters. The Morgan fingerprint density at radius 2 is 2.33 bits per heavy atom. The SMILES string of the molecule is C[C@H](NCCCF)c1cccc(-n2ccnc2)c1. The molecule has 1 aromatic carbocycles. The first kappa shape index (κ1) is 12.8. The Bertz CT molecular complexity index is 468. The summed E-state index contributed by atoms with van der Waals surface area (Å²) in [7, 11) is 0. The highest BCUT2D eigenvalue weighted by molar-refractivity contribution is 5.36. The molecule has 0 saturated carbocycles. The van der Waals surface area contributed by atoms with Gasteiger partial charge in [0, 0.05) is 24.1 Å². The van der Waals surface area contributed by atoms with Crippen LogP contribution in [0.25, 0.3) is 5.69 Å². The van der Waals surface area contributed by atoms with Crippen molar-refractivity contribution in [2.75, 3.05) is 13.2 Å². The number of nitrogens with one attached hydrogen (secondary N) is 1. The van der Waals surface area contributed by atoms with Crippen LogP contribution >= 0.6 is 0 Å². The van der Waals surface area contributed by atoms with E-state index in [1.54, 1.807) is 12.5 Å². The van der Waals surface area contributed by atoms with Crippen LogP contribution in [0.3, 0.4) is 0 Å². The van der Waals surface area contributed by atoms with Crippen LogP contribution in [-0.4, -0.2) is 22.8 Å². The lowest BCUT2D eigenvalue weighted by Crippen LogP contribution is -2.20. The molecule has 2 aromatic rings. The maximum Gasteiger partial charge on any atom is 0.0991 e. The molecule has 0 spiro atoms. The van der Waals surface area contributed by atoms with Gasteiger partial charge in [0.1, 0.15) is 0 Å². The largest absolute Gasteiger partial charge is 0.310 e. The van der Waals surface area contributed by atoms with E-state index in [4.69, 9.17) is 0 Å². The van der Waals surface area contributed by atoms with E-state index < -0.39 is 0 Å². The van der Waals surface area contributed by atoms with Crippen molar-refractivity contribution in [2.45, 2.75) is 19.4 Å². The molecule has 1 N–H and O–H groups in total. The van der Waals surface area contributed by atoms with Crippen LogP contribution in [0, 0.1) is 0 Å². The fourth-order valence-electron chi connectivity index (χ4n) is 1.87. The number of rotatable bonds is 6. The van der Waals surface area contributed by atoms with Gasteiger partial charge in [-0.05, 0) is 37.6 Å². The molecule has 0 aliphatic rings. The first-order valence-corrected chi connectivity index (χ1v) is 6.19. The van der Waals surface area contributed by atoms with Crippen molar-refractivity contribution in [3.8, 4) is 5.69 Å². The molecule has 0 saturated heterocycles. The molecule has 2 rings (SSSR count). The molecule has 0 fully saturated rings. The summed E-state index contributed by atoms with van der Waals surface area (Å²) in [6.45, 7) is 2.52. The summed E-state index contributed by atoms with van der Waals surface area (Å²) >= 11 is 0. The second-order valence-corrected chi connectivity index (χ2v) is 4.28. The molecule has 4 heteroatoms. The Labute approximate surface area is 107 Å². The van der Waals surface area contributed by atoms with Crippen molar-refractivity contribution in [1.29, 1.82) is 0 Å². The predicted molar refractivity (Wildman–Crippen MR) is 70.6 cm³/mol. The second-order valence-electron chi connectivity index (χ2n) is 4.28. The Morgan fingerprint density at radius 3 is 3.06 bits per heavy atom. The maximum absolute atomic E-state index is 12.0. The molecule has 0 aliphatic carbocycles. The quantitative estimate of drug-likeness (QED) is 0.795. The van der Waals surface area contributed by atoms with E-state index >= 15 is 0 Å². The van der Waals surface area contributed by atoms with Gasteiger partial charge < -0.3 is 9.88 Å². The summed E-state index contributed by atoms with van der Waals surface area (Å²) < 4.78 is 14.0. The monoisotopic (exact) mass is 247 g/mol. The zero-order chi connectivity index (χ0) is 12.8. The molecular formula is C14H18FN3. The predicted octanol–water partition coefficient (Wildman–Crippen LogP) is 2.88. The van der Waals surface area contributed by atoms with E-state index in [9.17, 15) is 4.39 Å². The summed E-state index contributed by atoms with van der Waals surface area (Å²) in [6, 6.07) is 8.49. The molecule has 1 heterocycles. The lowest BCUT2D eigenvalue weighted by molar-refractivity contribution is 0.446. The number of hydrogen-bond acceptors (Lipinski definition) is 2. The van der Waals surface area contributed by atoms with Crippen molar-refractivity contribution in [3.05, 3.63) is 48.5 Å². The van der Waals surface area contributed by atoms with Crippen LogP contribution in [0.2, 0.25) is 0 Å². The van der Waals surface area contributed by atoms with Gasteiger partial charge in [-0.25, -0.2) is 4.98 Å². The number of benzene rings is 1. The van der Waals surface area contributed by atoms with Crippen LogP contribution in [0.4, 0.5) is 4.39 Å². The van der Waals surface area contributed by atoms with Gasteiger partial charge in [-0.3, -0.25) is 4.39 Å². The minimum atomic E-state index is -0.269. The number of halogens is 1. The molecular weight excluding hydrogens is 229 g/mol. The Morgan fingerprint density at radius 1 is 1.44 bits per heavy atom. The van der Waals surface area contributed by atoms with Gasteiger partial charge in [0.05, 0.1) is 13.0 Å². The minimum Gasteiger partial charge on any atom is -0.310 e. The molecule has 0 bridgehead atoms. The summed E-state index contributed by atoms with van der Waals surface area (Å²) in [4.78, 5) is 4.04. The molecule has 0 radical (unpaired) electrons. The van der Waals surface area contributed by atoms with Crippen molar-refractivity contribution in [1.82, 2.24) is 14.9 Å². The molecule has 0 unspecified atom stereocenters. The fourth-order valence-corrected chi connectivity index (χ4v) is 1.87. The van der Waals surface area contributed by atoms with Crippen LogP contribution in [0.5, 0.6) is 0 Å². The molecule has 0 amide bonds. The van der Waals surface area contributed by atoms with Gasteiger partial charge in [0.15, 0.2) is 0 Å². The highest BCUT2D eigenvalue weighted by atomic mass is 19.1. The van der Waals surface area contributed by atoms with E-state index in [0.717, 1.165) is 5.69 Å². The first-order valence-electron chi connectivity index (χ1n) is 6.19. The van der Waals surface area contributed by atoms with E-state index in [2.05, 4.69) is 29.4 Å². The van der Waals surface area contributed by atoms with Crippen LogP contribution in [0.1, 0.15) is 24.9 Å². The zero-order valence-corrected chi connectivity index (χ0v) is 10.5.